The first-order valence-corrected chi connectivity index (χ1v) is 6.99. The van der Waals surface area contributed by atoms with E-state index in [2.05, 4.69) is 10.6 Å². The number of hydrogen-bond donors (Lipinski definition) is 2. The summed E-state index contributed by atoms with van der Waals surface area (Å²) in [5, 5.41) is 6.55. The minimum absolute atomic E-state index is 0.0762. The molecule has 0 aliphatic carbocycles. The Morgan fingerprint density at radius 1 is 1.41 bits per heavy atom. The van der Waals surface area contributed by atoms with Crippen molar-refractivity contribution in [3.8, 4) is 0 Å². The van der Waals surface area contributed by atoms with E-state index in [4.69, 9.17) is 11.6 Å². The molecule has 0 aliphatic rings. The topological polar surface area (TPSA) is 41.1 Å². The van der Waals surface area contributed by atoms with Crippen LogP contribution >= 0.6 is 23.4 Å². The molecule has 3 nitrogen and oxygen atoms in total. The molecule has 0 bridgehead atoms. The summed E-state index contributed by atoms with van der Waals surface area (Å²) in [7, 11) is 1.86. The zero-order valence-corrected chi connectivity index (χ0v) is 11.4. The lowest BCUT2D eigenvalue weighted by molar-refractivity contribution is -0.118. The smallest absolute Gasteiger partial charge is 0.230 e. The van der Waals surface area contributed by atoms with E-state index in [9.17, 15) is 4.79 Å². The van der Waals surface area contributed by atoms with E-state index in [1.165, 1.54) is 0 Å². The average Bonchev–Trinajstić information content (AvgIpc) is 2.29. The van der Waals surface area contributed by atoms with E-state index in [1.54, 1.807) is 11.8 Å². The van der Waals surface area contributed by atoms with Crippen LogP contribution < -0.4 is 10.6 Å². The summed E-state index contributed by atoms with van der Waals surface area (Å²) in [5.41, 5.74) is 1.14. The van der Waals surface area contributed by atoms with E-state index < -0.39 is 0 Å². The first kappa shape index (κ1) is 14.4. The molecular formula is C12H17ClN2OS. The molecule has 0 spiro atoms. The van der Waals surface area contributed by atoms with Gasteiger partial charge in [0.2, 0.25) is 5.91 Å². The number of amides is 1. The number of rotatable bonds is 7. The third kappa shape index (κ3) is 6.56. The largest absolute Gasteiger partial charge is 0.354 e. The third-order valence-electron chi connectivity index (χ3n) is 2.09. The summed E-state index contributed by atoms with van der Waals surface area (Å²) in [6.45, 7) is 1.47. The number of benzene rings is 1. The Hall–Kier alpha value is -0.710. The van der Waals surface area contributed by atoms with Crippen LogP contribution in [0.2, 0.25) is 5.02 Å². The van der Waals surface area contributed by atoms with Crippen LogP contribution in [0.15, 0.2) is 24.3 Å². The van der Waals surface area contributed by atoms with Gasteiger partial charge in [-0.3, -0.25) is 4.79 Å². The maximum Gasteiger partial charge on any atom is 0.230 e. The first-order valence-electron chi connectivity index (χ1n) is 5.46. The molecule has 0 radical (unpaired) electrons. The SMILES string of the molecule is CNCCNC(=O)CSCc1cccc(Cl)c1. The molecule has 5 heteroatoms. The number of thioether (sulfide) groups is 1. The molecule has 1 rings (SSSR count). The molecule has 0 saturated heterocycles. The monoisotopic (exact) mass is 272 g/mol. The van der Waals surface area contributed by atoms with E-state index in [-0.39, 0.29) is 5.91 Å². The molecule has 0 aromatic heterocycles. The van der Waals surface area contributed by atoms with Crippen LogP contribution in [0.5, 0.6) is 0 Å². The number of carbonyl (C=O) groups is 1. The van der Waals surface area contributed by atoms with Crippen LogP contribution in [0.4, 0.5) is 0 Å². The summed E-state index contributed by atoms with van der Waals surface area (Å²) in [6, 6.07) is 7.71. The Bertz CT molecular complexity index is 360. The highest BCUT2D eigenvalue weighted by Gasteiger charge is 2.01. The van der Waals surface area contributed by atoms with Crippen LogP contribution in [0.25, 0.3) is 0 Å². The number of hydrogen-bond acceptors (Lipinski definition) is 3. The highest BCUT2D eigenvalue weighted by Crippen LogP contribution is 2.16. The minimum Gasteiger partial charge on any atom is -0.354 e. The molecule has 2 N–H and O–H groups in total. The molecule has 1 aromatic carbocycles. The molecule has 17 heavy (non-hydrogen) atoms. The zero-order chi connectivity index (χ0) is 12.5. The van der Waals surface area contributed by atoms with Crippen molar-refractivity contribution < 1.29 is 4.79 Å². The first-order chi connectivity index (χ1) is 8.22. The van der Waals surface area contributed by atoms with Gasteiger partial charge in [0.25, 0.3) is 0 Å². The summed E-state index contributed by atoms with van der Waals surface area (Å²) in [5.74, 6) is 1.36. The Morgan fingerprint density at radius 2 is 2.24 bits per heavy atom. The minimum atomic E-state index is 0.0762. The molecule has 0 saturated carbocycles. The summed E-state index contributed by atoms with van der Waals surface area (Å²) in [6.07, 6.45) is 0. The number of halogens is 1. The van der Waals surface area contributed by atoms with Crippen molar-refractivity contribution in [3.63, 3.8) is 0 Å². The molecule has 0 fully saturated rings. The van der Waals surface area contributed by atoms with Crippen molar-refractivity contribution in [1.29, 1.82) is 0 Å². The Balaban J connectivity index is 2.17. The van der Waals surface area contributed by atoms with E-state index >= 15 is 0 Å². The fourth-order valence-corrected chi connectivity index (χ4v) is 2.28. The Kier molecular flexibility index (Phi) is 7.08. The maximum absolute atomic E-state index is 11.4. The summed E-state index contributed by atoms with van der Waals surface area (Å²) < 4.78 is 0. The molecular weight excluding hydrogens is 256 g/mol. The van der Waals surface area contributed by atoms with Crippen LogP contribution in [-0.4, -0.2) is 31.8 Å². The van der Waals surface area contributed by atoms with E-state index in [1.807, 2.05) is 31.3 Å². The van der Waals surface area contributed by atoms with Gasteiger partial charge in [0.1, 0.15) is 0 Å². The lowest BCUT2D eigenvalue weighted by Gasteiger charge is -2.05. The lowest BCUT2D eigenvalue weighted by atomic mass is 10.2. The lowest BCUT2D eigenvalue weighted by Crippen LogP contribution is -2.31. The van der Waals surface area contributed by atoms with Crippen molar-refractivity contribution in [2.75, 3.05) is 25.9 Å². The maximum atomic E-state index is 11.4. The van der Waals surface area contributed by atoms with Gasteiger partial charge in [-0.05, 0) is 24.7 Å². The van der Waals surface area contributed by atoms with Gasteiger partial charge < -0.3 is 10.6 Å². The predicted octanol–water partition coefficient (Wildman–Crippen LogP) is 1.91. The van der Waals surface area contributed by atoms with E-state index in [0.29, 0.717) is 12.3 Å². The molecule has 1 aromatic rings. The van der Waals surface area contributed by atoms with Gasteiger partial charge in [0.05, 0.1) is 5.75 Å². The van der Waals surface area contributed by atoms with Crippen molar-refractivity contribution >= 4 is 29.3 Å². The van der Waals surface area contributed by atoms with Gasteiger partial charge in [0.15, 0.2) is 0 Å². The average molecular weight is 273 g/mol. The fraction of sp³-hybridized carbons (Fsp3) is 0.417. The van der Waals surface area contributed by atoms with Gasteiger partial charge in [-0.25, -0.2) is 0 Å². The van der Waals surface area contributed by atoms with Crippen molar-refractivity contribution in [2.45, 2.75) is 5.75 Å². The van der Waals surface area contributed by atoms with Gasteiger partial charge >= 0.3 is 0 Å². The number of carbonyl (C=O) groups excluding carboxylic acids is 1. The highest BCUT2D eigenvalue weighted by molar-refractivity contribution is 7.99. The summed E-state index contributed by atoms with van der Waals surface area (Å²) >= 11 is 7.47. The van der Waals surface area contributed by atoms with Gasteiger partial charge in [-0.15, -0.1) is 11.8 Å². The van der Waals surface area contributed by atoms with Gasteiger partial charge in [-0.2, -0.15) is 0 Å². The van der Waals surface area contributed by atoms with Crippen LogP contribution in [0.1, 0.15) is 5.56 Å². The molecule has 0 unspecified atom stereocenters. The number of nitrogens with one attached hydrogen (secondary N) is 2. The summed E-state index contributed by atoms with van der Waals surface area (Å²) in [4.78, 5) is 11.4. The molecule has 94 valence electrons. The van der Waals surface area contributed by atoms with Gasteiger partial charge in [-0.1, -0.05) is 23.7 Å². The van der Waals surface area contributed by atoms with Crippen molar-refractivity contribution in [2.24, 2.45) is 0 Å². The second-order valence-corrected chi connectivity index (χ2v) is 5.00. The van der Waals surface area contributed by atoms with Crippen LogP contribution in [0.3, 0.4) is 0 Å². The fourth-order valence-electron chi connectivity index (χ4n) is 1.27. The standard InChI is InChI=1S/C12H17ClN2OS/c1-14-5-6-15-12(16)9-17-8-10-3-2-4-11(13)7-10/h2-4,7,14H,5-6,8-9H2,1H3,(H,15,16). The Morgan fingerprint density at radius 3 is 2.94 bits per heavy atom. The highest BCUT2D eigenvalue weighted by atomic mass is 35.5. The third-order valence-corrected chi connectivity index (χ3v) is 3.33. The molecule has 0 atom stereocenters. The molecule has 0 aliphatic heterocycles. The Labute approximate surface area is 111 Å². The quantitative estimate of drug-likeness (QED) is 0.745. The molecule has 1 amide bonds. The second-order valence-electron chi connectivity index (χ2n) is 3.58. The predicted molar refractivity (Wildman–Crippen MR) is 74.6 cm³/mol. The zero-order valence-electron chi connectivity index (χ0n) is 9.83. The van der Waals surface area contributed by atoms with Crippen LogP contribution in [-0.2, 0) is 10.5 Å². The van der Waals surface area contributed by atoms with Crippen molar-refractivity contribution in [1.82, 2.24) is 10.6 Å². The normalized spacial score (nSPS) is 10.2. The van der Waals surface area contributed by atoms with E-state index in [0.717, 1.165) is 22.9 Å². The van der Waals surface area contributed by atoms with Crippen LogP contribution in [0, 0.1) is 0 Å². The van der Waals surface area contributed by atoms with Crippen molar-refractivity contribution in [3.05, 3.63) is 34.9 Å². The molecule has 0 heterocycles. The second kappa shape index (κ2) is 8.39. The number of likely N-dealkylation sites (N-methyl/N-ethyl adjacent to an activating group) is 1. The van der Waals surface area contributed by atoms with Gasteiger partial charge in [0, 0.05) is 23.9 Å².